The van der Waals surface area contributed by atoms with Crippen LogP contribution in [0.15, 0.2) is 150 Å². The normalized spacial score (nSPS) is 23.7. The van der Waals surface area contributed by atoms with Crippen molar-refractivity contribution in [1.29, 1.82) is 0 Å². The second-order valence-corrected chi connectivity index (χ2v) is 12.8. The van der Waals surface area contributed by atoms with Crippen molar-refractivity contribution >= 4 is 56.7 Å². The smallest absolute Gasteiger partial charge is 0.134 e. The maximum atomic E-state index is 5.40. The number of fused-ring (bicyclic) bond motifs is 8. The third-order valence-corrected chi connectivity index (χ3v) is 10.2. The van der Waals surface area contributed by atoms with E-state index in [9.17, 15) is 0 Å². The van der Waals surface area contributed by atoms with Gasteiger partial charge in [0.1, 0.15) is 5.82 Å². The van der Waals surface area contributed by atoms with E-state index in [1.807, 2.05) is 0 Å². The molecule has 4 aromatic carbocycles. The van der Waals surface area contributed by atoms with E-state index >= 15 is 0 Å². The summed E-state index contributed by atoms with van der Waals surface area (Å²) in [6, 6.07) is 33.5. The van der Waals surface area contributed by atoms with Gasteiger partial charge in [-0.2, -0.15) is 0 Å². The second kappa shape index (κ2) is 9.95. The van der Waals surface area contributed by atoms with E-state index in [1.165, 1.54) is 49.2 Å². The number of hydrogen-bond acceptors (Lipinski definition) is 3. The molecule has 46 heavy (non-hydrogen) atoms. The molecule has 4 atom stereocenters. The summed E-state index contributed by atoms with van der Waals surface area (Å²) in [5.74, 6) is 1.50. The summed E-state index contributed by atoms with van der Waals surface area (Å²) in [7, 11) is 0. The van der Waals surface area contributed by atoms with Crippen LogP contribution in [0.2, 0.25) is 0 Å². The molecule has 4 unspecified atom stereocenters. The molecule has 0 saturated heterocycles. The molecule has 0 fully saturated rings. The average molecular weight is 593 g/mol. The van der Waals surface area contributed by atoms with Gasteiger partial charge in [-0.15, -0.1) is 0 Å². The molecule has 10 rings (SSSR count). The van der Waals surface area contributed by atoms with Crippen LogP contribution in [0.25, 0.3) is 39.6 Å². The van der Waals surface area contributed by atoms with Crippen molar-refractivity contribution in [3.8, 4) is 0 Å². The quantitative estimate of drug-likeness (QED) is 0.236. The molecule has 0 radical (unpaired) electrons. The highest BCUT2D eigenvalue weighted by atomic mass is 15.2. The molecule has 5 aliphatic rings. The molecule has 220 valence electrons. The second-order valence-electron chi connectivity index (χ2n) is 12.8. The lowest BCUT2D eigenvalue weighted by Crippen LogP contribution is -2.45. The number of anilines is 2. The molecule has 0 saturated carbocycles. The number of nitrogens with zero attached hydrogens (tertiary/aromatic N) is 3. The Balaban J connectivity index is 1.31. The Kier molecular flexibility index (Phi) is 5.56. The molecule has 0 bridgehead atoms. The van der Waals surface area contributed by atoms with E-state index in [4.69, 9.17) is 4.99 Å². The number of hydrogen-bond donors (Lipinski definition) is 1. The van der Waals surface area contributed by atoms with Crippen LogP contribution in [0, 0.1) is 5.92 Å². The highest BCUT2D eigenvalue weighted by Crippen LogP contribution is 2.47. The van der Waals surface area contributed by atoms with Gasteiger partial charge in [0.15, 0.2) is 0 Å². The van der Waals surface area contributed by atoms with Crippen molar-refractivity contribution in [3.63, 3.8) is 0 Å². The van der Waals surface area contributed by atoms with Gasteiger partial charge in [0.05, 0.1) is 34.4 Å². The Morgan fingerprint density at radius 1 is 0.761 bits per heavy atom. The standard InChI is InChI=1S/C42H32N4/c1-3-13-27(14-4-1)41-42(44-36-21-11-10-20-35(36)43-41)46-38-24-29-16-8-7-15-28(29)23-32(38)34-25-33-31-19-9-12-22-37(31)45(39(33)26-40(34)46)30-17-5-2-6-18-30/h1-13,15-27,33,36,39,44H,14H2. The van der Waals surface area contributed by atoms with Gasteiger partial charge in [0.2, 0.25) is 0 Å². The molecule has 0 spiro atoms. The van der Waals surface area contributed by atoms with Crippen molar-refractivity contribution in [2.24, 2.45) is 10.9 Å². The Morgan fingerprint density at radius 2 is 1.57 bits per heavy atom. The van der Waals surface area contributed by atoms with Crippen molar-refractivity contribution in [2.75, 3.05) is 4.90 Å². The molecule has 4 nitrogen and oxygen atoms in total. The first-order valence-corrected chi connectivity index (χ1v) is 16.3. The summed E-state index contributed by atoms with van der Waals surface area (Å²) in [6.45, 7) is 0. The van der Waals surface area contributed by atoms with Crippen molar-refractivity contribution in [3.05, 3.63) is 161 Å². The molecule has 3 heterocycles. The number of allylic oxidation sites excluding steroid dienone is 6. The first kappa shape index (κ1) is 25.7. The Bertz CT molecular complexity index is 2400. The van der Waals surface area contributed by atoms with Crippen LogP contribution in [0.4, 0.5) is 11.4 Å². The van der Waals surface area contributed by atoms with Gasteiger partial charge in [-0.3, -0.25) is 9.56 Å². The van der Waals surface area contributed by atoms with E-state index in [2.05, 4.69) is 167 Å². The van der Waals surface area contributed by atoms with E-state index in [0.29, 0.717) is 0 Å². The highest BCUT2D eigenvalue weighted by molar-refractivity contribution is 6.05. The summed E-state index contributed by atoms with van der Waals surface area (Å²) >= 11 is 0. The number of rotatable bonds is 3. The van der Waals surface area contributed by atoms with E-state index in [0.717, 1.165) is 23.7 Å². The summed E-state index contributed by atoms with van der Waals surface area (Å²) < 4.78 is 2.49. The molecule has 1 aromatic heterocycles. The lowest BCUT2D eigenvalue weighted by molar-refractivity contribution is 0.703. The van der Waals surface area contributed by atoms with Gasteiger partial charge in [-0.1, -0.05) is 109 Å². The summed E-state index contributed by atoms with van der Waals surface area (Å²) in [6.07, 6.45) is 23.4. The molecule has 5 aromatic rings. The highest BCUT2D eigenvalue weighted by Gasteiger charge is 2.39. The van der Waals surface area contributed by atoms with Gasteiger partial charge in [-0.25, -0.2) is 0 Å². The number of aromatic nitrogens is 1. The molecule has 0 amide bonds. The summed E-state index contributed by atoms with van der Waals surface area (Å²) in [5.41, 5.74) is 7.24. The fraction of sp³-hybridized carbons (Fsp3) is 0.119. The lowest BCUT2D eigenvalue weighted by Gasteiger charge is -2.32. The number of nitrogens with one attached hydrogen (secondary N) is 1. The molecule has 2 aliphatic heterocycles. The first-order valence-electron chi connectivity index (χ1n) is 16.3. The maximum absolute atomic E-state index is 5.40. The zero-order chi connectivity index (χ0) is 30.2. The number of aliphatic imine (C=N–C) groups is 1. The average Bonchev–Trinajstić information content (AvgIpc) is 3.61. The zero-order valence-electron chi connectivity index (χ0n) is 25.3. The van der Waals surface area contributed by atoms with Crippen LogP contribution >= 0.6 is 0 Å². The van der Waals surface area contributed by atoms with Gasteiger partial charge in [0.25, 0.3) is 0 Å². The van der Waals surface area contributed by atoms with Crippen LogP contribution in [-0.4, -0.2) is 22.4 Å². The fourth-order valence-electron chi connectivity index (χ4n) is 8.09. The van der Waals surface area contributed by atoms with Crippen LogP contribution in [0.3, 0.4) is 0 Å². The molecular weight excluding hydrogens is 560 g/mol. The molecular formula is C42H32N4. The van der Waals surface area contributed by atoms with Crippen molar-refractivity contribution in [1.82, 2.24) is 9.88 Å². The van der Waals surface area contributed by atoms with Crippen molar-refractivity contribution in [2.45, 2.75) is 24.4 Å². The number of benzene rings is 4. The predicted octanol–water partition coefficient (Wildman–Crippen LogP) is 7.47. The van der Waals surface area contributed by atoms with Gasteiger partial charge in [-0.05, 0) is 65.2 Å². The van der Waals surface area contributed by atoms with Crippen molar-refractivity contribution < 1.29 is 0 Å². The van der Waals surface area contributed by atoms with Crippen LogP contribution in [0.1, 0.15) is 17.9 Å². The molecule has 3 aliphatic carbocycles. The number of para-hydroxylation sites is 2. The van der Waals surface area contributed by atoms with Crippen LogP contribution in [-0.2, 0) is 0 Å². The topological polar surface area (TPSA) is 32.6 Å². The van der Waals surface area contributed by atoms with Crippen LogP contribution in [0.5, 0.6) is 0 Å². The monoisotopic (exact) mass is 592 g/mol. The minimum atomic E-state index is 0.0253. The predicted molar refractivity (Wildman–Crippen MR) is 191 cm³/mol. The van der Waals surface area contributed by atoms with Crippen LogP contribution < -0.4 is 20.8 Å². The third kappa shape index (κ3) is 3.77. The minimum Gasteiger partial charge on any atom is -0.358 e. The van der Waals surface area contributed by atoms with Gasteiger partial charge < -0.3 is 10.2 Å². The largest absolute Gasteiger partial charge is 0.358 e. The Labute approximate surface area is 267 Å². The lowest BCUT2D eigenvalue weighted by atomic mass is 9.90. The van der Waals surface area contributed by atoms with E-state index in [1.54, 1.807) is 0 Å². The van der Waals surface area contributed by atoms with Gasteiger partial charge >= 0.3 is 0 Å². The Hall–Kier alpha value is -5.61. The summed E-state index contributed by atoms with van der Waals surface area (Å²) in [4.78, 5) is 7.93. The molecule has 1 N–H and O–H groups in total. The fourth-order valence-corrected chi connectivity index (χ4v) is 8.09. The van der Waals surface area contributed by atoms with E-state index in [-0.39, 0.29) is 23.9 Å². The minimum absolute atomic E-state index is 0.0253. The third-order valence-electron chi connectivity index (χ3n) is 10.2. The first-order chi connectivity index (χ1) is 22.8. The molecule has 4 heteroatoms. The summed E-state index contributed by atoms with van der Waals surface area (Å²) in [5, 5.41) is 10.3. The zero-order valence-corrected chi connectivity index (χ0v) is 25.3. The van der Waals surface area contributed by atoms with Gasteiger partial charge in [0, 0.05) is 33.8 Å². The van der Waals surface area contributed by atoms with E-state index < -0.39 is 0 Å². The SMILES string of the molecule is C1=CCC(C2=C(n3c4c(c5cc6ccccc6cc53)=CC3c5ccccc5N(c5ccccc5)C3C=4)NC3C=CC=CC3=N2)C=C1. The maximum Gasteiger partial charge on any atom is 0.134 e. The Morgan fingerprint density at radius 3 is 2.43 bits per heavy atom.